The molecule has 34 heavy (non-hydrogen) atoms. The Morgan fingerprint density at radius 2 is 1.68 bits per heavy atom. The van der Waals surface area contributed by atoms with Crippen molar-refractivity contribution in [3.8, 4) is 34.1 Å². The lowest BCUT2D eigenvalue weighted by Crippen LogP contribution is -2.09. The molecule has 0 amide bonds. The van der Waals surface area contributed by atoms with Crippen molar-refractivity contribution < 1.29 is 28.8 Å². The van der Waals surface area contributed by atoms with E-state index in [1.807, 2.05) is 6.07 Å². The van der Waals surface area contributed by atoms with E-state index in [0.717, 1.165) is 16.7 Å². The van der Waals surface area contributed by atoms with Crippen molar-refractivity contribution in [2.75, 3.05) is 40.7 Å². The molecule has 0 unspecified atom stereocenters. The molecule has 4 rings (SSSR count). The lowest BCUT2D eigenvalue weighted by Gasteiger charge is -2.18. The molecule has 10 heteroatoms. The number of carboxylic acid groups (broad SMARTS) is 1. The summed E-state index contributed by atoms with van der Waals surface area (Å²) >= 11 is 3.17. The number of aromatic nitrogens is 1. The van der Waals surface area contributed by atoms with Crippen LogP contribution in [0.1, 0.15) is 16.1 Å². The maximum absolute atomic E-state index is 12.6. The van der Waals surface area contributed by atoms with E-state index in [1.54, 1.807) is 57.4 Å². The predicted octanol–water partition coefficient (Wildman–Crippen LogP) is 4.97. The standard InChI is InChI=1S/C24H24N2O6S2/c1-29-17-6-5-13(9-18(17)30-2)21-14-10-19(31-3)20(32-4)11-15(14)26-16(22(21)23(27)28)12-34-24-25-7-8-33-24/h5-6,9-11H,7-8,12H2,1-4H3,(H,27,28). The summed E-state index contributed by atoms with van der Waals surface area (Å²) in [5, 5.41) is 10.9. The van der Waals surface area contributed by atoms with Gasteiger partial charge in [0, 0.05) is 28.5 Å². The number of ether oxygens (including phenoxy) is 4. The van der Waals surface area contributed by atoms with E-state index in [9.17, 15) is 9.90 Å². The number of fused-ring (bicyclic) bond motifs is 1. The fourth-order valence-electron chi connectivity index (χ4n) is 3.80. The predicted molar refractivity (Wildman–Crippen MR) is 136 cm³/mol. The number of thioether (sulfide) groups is 2. The molecule has 0 atom stereocenters. The molecule has 2 aromatic carbocycles. The van der Waals surface area contributed by atoms with Gasteiger partial charge in [0.05, 0.1) is 51.8 Å². The average molecular weight is 501 g/mol. The highest BCUT2D eigenvalue weighted by atomic mass is 32.2. The van der Waals surface area contributed by atoms with E-state index < -0.39 is 5.97 Å². The van der Waals surface area contributed by atoms with Gasteiger partial charge in [-0.1, -0.05) is 29.6 Å². The Labute approximate surface area is 205 Å². The summed E-state index contributed by atoms with van der Waals surface area (Å²) in [6.07, 6.45) is 0. The fourth-order valence-corrected chi connectivity index (χ4v) is 5.75. The van der Waals surface area contributed by atoms with Gasteiger partial charge in [-0.25, -0.2) is 4.79 Å². The first-order valence-electron chi connectivity index (χ1n) is 10.3. The number of aliphatic imine (C=N–C) groups is 1. The van der Waals surface area contributed by atoms with Crippen LogP contribution < -0.4 is 18.9 Å². The number of methoxy groups -OCH3 is 4. The van der Waals surface area contributed by atoms with Crippen molar-refractivity contribution in [1.82, 2.24) is 4.98 Å². The molecule has 178 valence electrons. The van der Waals surface area contributed by atoms with Crippen LogP contribution >= 0.6 is 23.5 Å². The lowest BCUT2D eigenvalue weighted by atomic mass is 9.93. The lowest BCUT2D eigenvalue weighted by molar-refractivity contribution is 0.0696. The number of nitrogens with zero attached hydrogens (tertiary/aromatic N) is 2. The van der Waals surface area contributed by atoms with E-state index >= 15 is 0 Å². The molecule has 0 saturated carbocycles. The Hall–Kier alpha value is -3.11. The summed E-state index contributed by atoms with van der Waals surface area (Å²) < 4.78 is 22.8. The summed E-state index contributed by atoms with van der Waals surface area (Å²) in [7, 11) is 6.19. The molecule has 0 spiro atoms. The van der Waals surface area contributed by atoms with Gasteiger partial charge in [0.15, 0.2) is 23.0 Å². The molecular formula is C24H24N2O6S2. The van der Waals surface area contributed by atoms with Crippen LogP contribution in [-0.2, 0) is 5.75 Å². The first-order chi connectivity index (χ1) is 16.5. The quantitative estimate of drug-likeness (QED) is 0.459. The topological polar surface area (TPSA) is 99.5 Å². The number of carbonyl (C=O) groups is 1. The van der Waals surface area contributed by atoms with Crippen LogP contribution in [0.15, 0.2) is 35.3 Å². The highest BCUT2D eigenvalue weighted by molar-refractivity contribution is 8.38. The molecular weight excluding hydrogens is 476 g/mol. The van der Waals surface area contributed by atoms with Gasteiger partial charge >= 0.3 is 5.97 Å². The highest BCUT2D eigenvalue weighted by Gasteiger charge is 2.25. The Morgan fingerprint density at radius 3 is 2.29 bits per heavy atom. The zero-order chi connectivity index (χ0) is 24.2. The van der Waals surface area contributed by atoms with E-state index in [1.165, 1.54) is 18.9 Å². The Kier molecular flexibility index (Phi) is 7.38. The van der Waals surface area contributed by atoms with Gasteiger partial charge in [-0.15, -0.1) is 0 Å². The maximum atomic E-state index is 12.6. The number of rotatable bonds is 8. The van der Waals surface area contributed by atoms with Gasteiger partial charge in [0.25, 0.3) is 0 Å². The number of carboxylic acids is 1. The van der Waals surface area contributed by atoms with E-state index in [2.05, 4.69) is 4.99 Å². The Bertz CT molecular complexity index is 1280. The number of hydrogen-bond donors (Lipinski definition) is 1. The molecule has 0 saturated heterocycles. The number of hydrogen-bond acceptors (Lipinski definition) is 9. The molecule has 1 aromatic heterocycles. The number of aromatic carboxylic acids is 1. The Morgan fingerprint density at radius 1 is 1.00 bits per heavy atom. The van der Waals surface area contributed by atoms with Gasteiger partial charge in [0.2, 0.25) is 0 Å². The summed E-state index contributed by atoms with van der Waals surface area (Å²) in [6, 6.07) is 8.86. The second-order valence-corrected chi connectivity index (χ2v) is 9.50. The number of pyridine rings is 1. The fraction of sp³-hybridized carbons (Fsp3) is 0.292. The summed E-state index contributed by atoms with van der Waals surface area (Å²) in [4.78, 5) is 21.8. The third-order valence-corrected chi connectivity index (χ3v) is 7.61. The molecule has 0 bridgehead atoms. The summed E-state index contributed by atoms with van der Waals surface area (Å²) in [5.41, 5.74) is 2.37. The van der Waals surface area contributed by atoms with Crippen LogP contribution in [0.5, 0.6) is 23.0 Å². The average Bonchev–Trinajstić information content (AvgIpc) is 3.38. The van der Waals surface area contributed by atoms with Crippen molar-refractivity contribution in [2.24, 2.45) is 4.99 Å². The minimum Gasteiger partial charge on any atom is -0.493 e. The second-order valence-electron chi connectivity index (χ2n) is 7.19. The van der Waals surface area contributed by atoms with Crippen molar-refractivity contribution in [3.63, 3.8) is 0 Å². The summed E-state index contributed by atoms with van der Waals surface area (Å²) in [6.45, 7) is 0.776. The van der Waals surface area contributed by atoms with Crippen molar-refractivity contribution in [1.29, 1.82) is 0 Å². The first kappa shape index (κ1) is 24.0. The third-order valence-electron chi connectivity index (χ3n) is 5.34. The third kappa shape index (κ3) is 4.60. The Balaban J connectivity index is 2.01. The minimum absolute atomic E-state index is 0.128. The van der Waals surface area contributed by atoms with Crippen LogP contribution in [0.3, 0.4) is 0 Å². The number of benzene rings is 2. The summed E-state index contributed by atoms with van der Waals surface area (Å²) in [5.74, 6) is 2.28. The van der Waals surface area contributed by atoms with E-state index in [4.69, 9.17) is 23.9 Å². The van der Waals surface area contributed by atoms with Gasteiger partial charge in [-0.3, -0.25) is 9.98 Å². The molecule has 1 aliphatic heterocycles. The van der Waals surface area contributed by atoms with Crippen LogP contribution in [0.4, 0.5) is 0 Å². The van der Waals surface area contributed by atoms with Crippen molar-refractivity contribution in [3.05, 3.63) is 41.6 Å². The SMILES string of the molecule is COc1ccc(-c2c(C(=O)O)c(CSC3=NCCS3)nc3cc(OC)c(OC)cc23)cc1OC. The molecule has 3 aromatic rings. The highest BCUT2D eigenvalue weighted by Crippen LogP contribution is 2.42. The van der Waals surface area contributed by atoms with E-state index in [0.29, 0.717) is 56.5 Å². The molecule has 1 aliphatic rings. The molecule has 2 heterocycles. The minimum atomic E-state index is -1.06. The van der Waals surface area contributed by atoms with Crippen LogP contribution in [-0.4, -0.2) is 61.2 Å². The molecule has 0 radical (unpaired) electrons. The second kappa shape index (κ2) is 10.4. The van der Waals surface area contributed by atoms with Crippen LogP contribution in [0.25, 0.3) is 22.0 Å². The largest absolute Gasteiger partial charge is 0.493 e. The molecule has 8 nitrogen and oxygen atoms in total. The van der Waals surface area contributed by atoms with Gasteiger partial charge in [-0.2, -0.15) is 0 Å². The van der Waals surface area contributed by atoms with E-state index in [-0.39, 0.29) is 5.56 Å². The zero-order valence-corrected chi connectivity index (χ0v) is 20.8. The molecule has 1 N–H and O–H groups in total. The molecule has 0 fully saturated rings. The molecule has 0 aliphatic carbocycles. The zero-order valence-electron chi connectivity index (χ0n) is 19.2. The van der Waals surface area contributed by atoms with Crippen molar-refractivity contribution in [2.45, 2.75) is 5.75 Å². The van der Waals surface area contributed by atoms with Crippen molar-refractivity contribution >= 4 is 44.8 Å². The monoisotopic (exact) mass is 500 g/mol. The van der Waals surface area contributed by atoms with Crippen LogP contribution in [0, 0.1) is 0 Å². The smallest absolute Gasteiger partial charge is 0.338 e. The van der Waals surface area contributed by atoms with Gasteiger partial charge in [0.1, 0.15) is 4.38 Å². The first-order valence-corrected chi connectivity index (χ1v) is 12.3. The van der Waals surface area contributed by atoms with Crippen LogP contribution in [0.2, 0.25) is 0 Å². The maximum Gasteiger partial charge on any atom is 0.338 e. The van der Waals surface area contributed by atoms with Gasteiger partial charge in [-0.05, 0) is 23.8 Å². The van der Waals surface area contributed by atoms with Gasteiger partial charge < -0.3 is 24.1 Å². The normalized spacial score (nSPS) is 13.0.